The highest BCUT2D eigenvalue weighted by atomic mass is 16.5. The van der Waals surface area contributed by atoms with E-state index in [1.165, 1.54) is 12.4 Å². The molecule has 1 aliphatic heterocycles. The molecular weight excluding hydrogens is 476 g/mol. The second-order valence-electron chi connectivity index (χ2n) is 9.54. The van der Waals surface area contributed by atoms with E-state index >= 15 is 0 Å². The van der Waals surface area contributed by atoms with Gasteiger partial charge in [-0.25, -0.2) is 4.98 Å². The second-order valence-corrected chi connectivity index (χ2v) is 9.54. The van der Waals surface area contributed by atoms with Crippen molar-refractivity contribution in [2.45, 2.75) is 77.7 Å². The van der Waals surface area contributed by atoms with Crippen LogP contribution in [0.5, 0.6) is 0 Å². The first kappa shape index (κ1) is 30.7. The Morgan fingerprint density at radius 1 is 1.03 bits per heavy atom. The Labute approximate surface area is 228 Å². The van der Waals surface area contributed by atoms with Crippen LogP contribution in [0.15, 0.2) is 73.2 Å². The quantitative estimate of drug-likeness (QED) is 0.130. The Morgan fingerprint density at radius 3 is 2.18 bits per heavy atom. The number of carbonyl (C=O) groups excluding carboxylic acids is 2. The van der Waals surface area contributed by atoms with Gasteiger partial charge in [-0.1, -0.05) is 67.7 Å². The van der Waals surface area contributed by atoms with Crippen molar-refractivity contribution in [3.63, 3.8) is 0 Å². The average molecular weight is 521 g/mol. The molecule has 0 radical (unpaired) electrons. The van der Waals surface area contributed by atoms with Crippen molar-refractivity contribution in [2.24, 2.45) is 0 Å². The molecule has 1 aromatic heterocycles. The fourth-order valence-electron chi connectivity index (χ4n) is 4.17. The van der Waals surface area contributed by atoms with Gasteiger partial charge in [0.25, 0.3) is 5.69 Å². The third-order valence-electron chi connectivity index (χ3n) is 6.45. The lowest BCUT2D eigenvalue weighted by Crippen LogP contribution is -2.45. The number of nitrogens with zero attached hydrogens (tertiary/aromatic N) is 4. The number of hydrogen-bond donors (Lipinski definition) is 0. The van der Waals surface area contributed by atoms with Crippen LogP contribution in [0.2, 0.25) is 0 Å². The smallest absolute Gasteiger partial charge is 0.321 e. The van der Waals surface area contributed by atoms with Crippen LogP contribution >= 0.6 is 0 Å². The van der Waals surface area contributed by atoms with Crippen molar-refractivity contribution in [2.75, 3.05) is 20.1 Å². The molecule has 0 N–H and O–H groups in total. The van der Waals surface area contributed by atoms with Gasteiger partial charge in [-0.3, -0.25) is 9.59 Å². The van der Waals surface area contributed by atoms with E-state index < -0.39 is 0 Å². The molecule has 0 bridgehead atoms. The molecule has 0 spiro atoms. The first-order chi connectivity index (χ1) is 18.4. The number of rotatable bonds is 15. The minimum atomic E-state index is -0.370. The zero-order valence-corrected chi connectivity index (χ0v) is 23.3. The van der Waals surface area contributed by atoms with Crippen molar-refractivity contribution in [1.82, 2.24) is 14.8 Å². The zero-order chi connectivity index (χ0) is 27.6. The maximum absolute atomic E-state index is 12.7. The average Bonchev–Trinajstić information content (AvgIpc) is 3.40. The van der Waals surface area contributed by atoms with E-state index in [1.807, 2.05) is 4.90 Å². The van der Waals surface area contributed by atoms with E-state index in [0.717, 1.165) is 44.9 Å². The van der Waals surface area contributed by atoms with Gasteiger partial charge in [0.05, 0.1) is 6.04 Å². The highest BCUT2D eigenvalue weighted by Gasteiger charge is 2.33. The molecule has 1 aromatic rings. The van der Waals surface area contributed by atoms with Crippen LogP contribution in [0.4, 0.5) is 0 Å². The number of carbonyl (C=O) groups is 2. The summed E-state index contributed by atoms with van der Waals surface area (Å²) in [6.07, 6.45) is 32.2. The molecule has 2 rings (SSSR count). The summed E-state index contributed by atoms with van der Waals surface area (Å²) in [7, 11) is 1.68. The Kier molecular flexibility index (Phi) is 14.5. The lowest BCUT2D eigenvalue weighted by atomic mass is 10.2. The maximum atomic E-state index is 12.7. The zero-order valence-electron chi connectivity index (χ0n) is 23.3. The Morgan fingerprint density at radius 2 is 1.61 bits per heavy atom. The second kappa shape index (κ2) is 17.9. The van der Waals surface area contributed by atoms with Crippen LogP contribution in [0.3, 0.4) is 0 Å². The number of likely N-dealkylation sites (tertiary alicyclic amines) is 1. The third-order valence-corrected chi connectivity index (χ3v) is 6.45. The van der Waals surface area contributed by atoms with Gasteiger partial charge in [0.15, 0.2) is 0 Å². The predicted molar refractivity (Wildman–Crippen MR) is 153 cm³/mol. The molecule has 38 heavy (non-hydrogen) atoms. The number of likely N-dealkylation sites (N-methyl/N-ethyl adjacent to an activating group) is 1. The SMILES string of the molecule is CCC=CCC=CCC=CCC=CCC=CCCCC(=O)N1CC[C@H](N(C)C(=O)c2cnc(C)c[n+]2[O-])C1. The van der Waals surface area contributed by atoms with E-state index in [2.05, 4.69) is 72.7 Å². The molecule has 1 saturated heterocycles. The normalized spacial score (nSPS) is 16.3. The Balaban J connectivity index is 1.57. The number of aromatic nitrogens is 2. The monoisotopic (exact) mass is 520 g/mol. The minimum absolute atomic E-state index is 0.0000571. The van der Waals surface area contributed by atoms with Gasteiger partial charge in [0.2, 0.25) is 12.1 Å². The molecule has 0 aromatic carbocycles. The molecule has 0 saturated carbocycles. The van der Waals surface area contributed by atoms with E-state index in [9.17, 15) is 14.8 Å². The molecule has 7 heteroatoms. The summed E-state index contributed by atoms with van der Waals surface area (Å²) >= 11 is 0. The van der Waals surface area contributed by atoms with Crippen LogP contribution in [0, 0.1) is 12.1 Å². The minimum Gasteiger partial charge on any atom is -0.618 e. The predicted octanol–water partition coefficient (Wildman–Crippen LogP) is 5.62. The van der Waals surface area contributed by atoms with Gasteiger partial charge in [0.1, 0.15) is 11.9 Å². The molecule has 1 fully saturated rings. The molecule has 0 unspecified atom stereocenters. The van der Waals surface area contributed by atoms with Crippen molar-refractivity contribution in [1.29, 1.82) is 0 Å². The van der Waals surface area contributed by atoms with Gasteiger partial charge in [-0.15, -0.1) is 0 Å². The van der Waals surface area contributed by atoms with Crippen LogP contribution in [-0.4, -0.2) is 52.8 Å². The summed E-state index contributed by atoms with van der Waals surface area (Å²) in [4.78, 5) is 32.8. The molecule has 7 nitrogen and oxygen atoms in total. The summed E-state index contributed by atoms with van der Waals surface area (Å²) in [6, 6.07) is -0.0984. The topological polar surface area (TPSA) is 80.5 Å². The standard InChI is InChI=1S/C31H44N4O3/c1-4-5-6-7-8-9-10-11-12-13-14-15-16-17-18-19-20-21-30(36)34-23-22-28(26-34)33(3)31(37)29-24-32-27(2)25-35(29)38/h5-6,8-9,11-12,14-15,17-18,24-25,28H,4,7,10,13,16,19-23,26H2,1-3H3/t28-/m0/s1. The molecule has 0 aliphatic carbocycles. The van der Waals surface area contributed by atoms with Crippen molar-refractivity contribution in [3.05, 3.63) is 89.7 Å². The fraction of sp³-hybridized carbons (Fsp3) is 0.484. The number of unbranched alkanes of at least 4 members (excludes halogenated alkanes) is 1. The summed E-state index contributed by atoms with van der Waals surface area (Å²) in [5.74, 6) is -0.248. The van der Waals surface area contributed by atoms with Gasteiger partial charge in [-0.2, -0.15) is 4.73 Å². The first-order valence-corrected chi connectivity index (χ1v) is 13.8. The van der Waals surface area contributed by atoms with Gasteiger partial charge >= 0.3 is 5.91 Å². The largest absolute Gasteiger partial charge is 0.618 e. The summed E-state index contributed by atoms with van der Waals surface area (Å²) in [5.41, 5.74) is 0.557. The lowest BCUT2D eigenvalue weighted by Gasteiger charge is -2.24. The van der Waals surface area contributed by atoms with Crippen molar-refractivity contribution < 1.29 is 14.3 Å². The highest BCUT2D eigenvalue weighted by Crippen LogP contribution is 2.17. The fourth-order valence-corrected chi connectivity index (χ4v) is 4.17. The number of aryl methyl sites for hydroxylation is 1. The van der Waals surface area contributed by atoms with Crippen LogP contribution < -0.4 is 4.73 Å². The summed E-state index contributed by atoms with van der Waals surface area (Å²) in [6.45, 7) is 4.98. The van der Waals surface area contributed by atoms with Gasteiger partial charge in [-0.05, 0) is 58.3 Å². The third kappa shape index (κ3) is 11.3. The van der Waals surface area contributed by atoms with E-state index in [1.54, 1.807) is 18.9 Å². The lowest BCUT2D eigenvalue weighted by molar-refractivity contribution is -0.609. The van der Waals surface area contributed by atoms with Crippen LogP contribution in [0.25, 0.3) is 0 Å². The van der Waals surface area contributed by atoms with Crippen LogP contribution in [0.1, 0.15) is 80.9 Å². The molecule has 2 amide bonds. The van der Waals surface area contributed by atoms with Crippen molar-refractivity contribution in [3.8, 4) is 0 Å². The maximum Gasteiger partial charge on any atom is 0.321 e. The van der Waals surface area contributed by atoms with Crippen molar-refractivity contribution >= 4 is 11.8 Å². The van der Waals surface area contributed by atoms with Crippen LogP contribution in [-0.2, 0) is 4.79 Å². The van der Waals surface area contributed by atoms with E-state index in [-0.39, 0.29) is 23.6 Å². The number of allylic oxidation sites excluding steroid dienone is 10. The van der Waals surface area contributed by atoms with E-state index in [4.69, 9.17) is 0 Å². The molecular formula is C31H44N4O3. The molecule has 1 aliphatic rings. The molecule has 1 atom stereocenters. The first-order valence-electron chi connectivity index (χ1n) is 13.8. The number of amides is 2. The van der Waals surface area contributed by atoms with Gasteiger partial charge < -0.3 is 15.0 Å². The number of hydrogen-bond acceptors (Lipinski definition) is 4. The Bertz CT molecular complexity index is 1030. The van der Waals surface area contributed by atoms with Gasteiger partial charge in [0, 0.05) is 26.6 Å². The molecule has 2 heterocycles. The van der Waals surface area contributed by atoms with E-state index in [0.29, 0.717) is 36.4 Å². The Hall–Kier alpha value is -3.48. The highest BCUT2D eigenvalue weighted by molar-refractivity contribution is 5.90. The molecule has 206 valence electrons. The summed E-state index contributed by atoms with van der Waals surface area (Å²) < 4.78 is 0.563. The summed E-state index contributed by atoms with van der Waals surface area (Å²) in [5, 5.41) is 12.1.